The van der Waals surface area contributed by atoms with Gasteiger partial charge >= 0.3 is 0 Å². The van der Waals surface area contributed by atoms with Crippen LogP contribution < -0.4 is 0 Å². The van der Waals surface area contributed by atoms with Crippen LogP contribution in [0.2, 0.25) is 0 Å². The third-order valence-corrected chi connectivity index (χ3v) is 8.54. The lowest BCUT2D eigenvalue weighted by atomic mass is 9.99. The number of hydrogen-bond acceptors (Lipinski definition) is 0. The van der Waals surface area contributed by atoms with Gasteiger partial charge in [0.2, 0.25) is 0 Å². The second kappa shape index (κ2) is 15.7. The number of unbranched alkanes of at least 4 members (excludes halogenated alkanes) is 14. The number of hydrogen-bond donors (Lipinski definition) is 0. The SMILES string of the molecule is CCCCCCCCCC[N+]1(C)C[C@H](C)[N+](C)(CCCCCCCCCC)C[C@H]1C. The average Bonchev–Trinajstić information content (AvgIpc) is 2.71. The maximum absolute atomic E-state index is 2.56. The summed E-state index contributed by atoms with van der Waals surface area (Å²) in [5.74, 6) is 0. The molecule has 0 amide bonds. The van der Waals surface area contributed by atoms with Crippen molar-refractivity contribution in [2.24, 2.45) is 0 Å². The van der Waals surface area contributed by atoms with Crippen molar-refractivity contribution < 1.29 is 8.97 Å². The lowest BCUT2D eigenvalue weighted by Gasteiger charge is -2.54. The monoisotopic (exact) mass is 424 g/mol. The van der Waals surface area contributed by atoms with E-state index in [1.165, 1.54) is 138 Å². The van der Waals surface area contributed by atoms with Gasteiger partial charge in [0.15, 0.2) is 0 Å². The Labute approximate surface area is 192 Å². The molecular formula is C28H60N2+2. The molecular weight excluding hydrogens is 364 g/mol. The van der Waals surface area contributed by atoms with Crippen molar-refractivity contribution in [2.45, 2.75) is 143 Å². The smallest absolute Gasteiger partial charge is 0.136 e. The highest BCUT2D eigenvalue weighted by atomic mass is 15.5. The van der Waals surface area contributed by atoms with Gasteiger partial charge in [-0.25, -0.2) is 0 Å². The van der Waals surface area contributed by atoms with E-state index in [9.17, 15) is 0 Å². The van der Waals surface area contributed by atoms with Gasteiger partial charge in [-0.3, -0.25) is 0 Å². The maximum atomic E-state index is 2.56. The number of likely N-dealkylation sites (N-methyl/N-ethyl adjacent to an activating group) is 2. The van der Waals surface area contributed by atoms with E-state index >= 15 is 0 Å². The minimum atomic E-state index is 0.810. The second-order valence-electron chi connectivity index (χ2n) is 11.4. The van der Waals surface area contributed by atoms with Crippen LogP contribution in [0.1, 0.15) is 130 Å². The summed E-state index contributed by atoms with van der Waals surface area (Å²) in [6.07, 6.45) is 23.0. The van der Waals surface area contributed by atoms with Gasteiger partial charge in [-0.15, -0.1) is 0 Å². The first-order valence-electron chi connectivity index (χ1n) is 14.1. The number of piperazine rings is 1. The summed E-state index contributed by atoms with van der Waals surface area (Å²) in [6, 6.07) is 1.62. The van der Waals surface area contributed by atoms with Gasteiger partial charge in [0.25, 0.3) is 0 Å². The van der Waals surface area contributed by atoms with E-state index in [1.807, 2.05) is 0 Å². The minimum absolute atomic E-state index is 0.810. The Morgan fingerprint density at radius 2 is 0.733 bits per heavy atom. The molecule has 2 unspecified atom stereocenters. The molecule has 1 saturated heterocycles. The maximum Gasteiger partial charge on any atom is 0.136 e. The Balaban J connectivity index is 2.25. The van der Waals surface area contributed by atoms with E-state index in [4.69, 9.17) is 0 Å². The van der Waals surface area contributed by atoms with Crippen molar-refractivity contribution in [1.82, 2.24) is 0 Å². The molecule has 4 atom stereocenters. The molecule has 1 heterocycles. The quantitative estimate of drug-likeness (QED) is 0.155. The van der Waals surface area contributed by atoms with Crippen LogP contribution in [0.25, 0.3) is 0 Å². The highest BCUT2D eigenvalue weighted by molar-refractivity contribution is 4.66. The Kier molecular flexibility index (Phi) is 14.6. The summed E-state index contributed by atoms with van der Waals surface area (Å²) in [6.45, 7) is 15.3. The van der Waals surface area contributed by atoms with Crippen molar-refractivity contribution in [1.29, 1.82) is 0 Å². The van der Waals surface area contributed by atoms with E-state index in [1.54, 1.807) is 0 Å². The van der Waals surface area contributed by atoms with Crippen LogP contribution in [0, 0.1) is 0 Å². The topological polar surface area (TPSA) is 0 Å². The van der Waals surface area contributed by atoms with Gasteiger partial charge in [-0.1, -0.05) is 90.9 Å². The lowest BCUT2D eigenvalue weighted by molar-refractivity contribution is -1.05. The summed E-state index contributed by atoms with van der Waals surface area (Å²) in [7, 11) is 5.12. The number of quaternary nitrogens is 2. The van der Waals surface area contributed by atoms with Gasteiger partial charge in [-0.2, -0.15) is 0 Å². The van der Waals surface area contributed by atoms with Crippen molar-refractivity contribution in [3.63, 3.8) is 0 Å². The summed E-state index contributed by atoms with van der Waals surface area (Å²) >= 11 is 0. The molecule has 0 radical (unpaired) electrons. The van der Waals surface area contributed by atoms with Crippen LogP contribution in [0.3, 0.4) is 0 Å². The zero-order valence-electron chi connectivity index (χ0n) is 22.2. The third-order valence-electron chi connectivity index (χ3n) is 8.54. The van der Waals surface area contributed by atoms with Crippen molar-refractivity contribution >= 4 is 0 Å². The largest absolute Gasteiger partial charge is 0.314 e. The molecule has 0 aromatic carbocycles. The third kappa shape index (κ3) is 10.5. The molecule has 0 aromatic heterocycles. The van der Waals surface area contributed by atoms with E-state index in [0.29, 0.717) is 0 Å². The van der Waals surface area contributed by atoms with Crippen LogP contribution in [0.5, 0.6) is 0 Å². The Morgan fingerprint density at radius 1 is 0.467 bits per heavy atom. The molecule has 2 nitrogen and oxygen atoms in total. The molecule has 0 bridgehead atoms. The molecule has 30 heavy (non-hydrogen) atoms. The summed E-state index contributed by atoms with van der Waals surface area (Å²) in [5, 5.41) is 0. The zero-order chi connectivity index (χ0) is 22.3. The molecule has 1 rings (SSSR count). The molecule has 1 aliphatic rings. The van der Waals surface area contributed by atoms with Crippen LogP contribution in [0.4, 0.5) is 0 Å². The van der Waals surface area contributed by atoms with Crippen LogP contribution in [-0.2, 0) is 0 Å². The molecule has 0 aromatic rings. The van der Waals surface area contributed by atoms with Crippen molar-refractivity contribution in [3.05, 3.63) is 0 Å². The number of rotatable bonds is 18. The zero-order valence-corrected chi connectivity index (χ0v) is 22.2. The second-order valence-corrected chi connectivity index (χ2v) is 11.4. The summed E-state index contributed by atoms with van der Waals surface area (Å²) < 4.78 is 2.64. The fourth-order valence-electron chi connectivity index (χ4n) is 5.80. The highest BCUT2D eigenvalue weighted by Gasteiger charge is 2.46. The molecule has 0 saturated carbocycles. The van der Waals surface area contributed by atoms with Gasteiger partial charge < -0.3 is 8.97 Å². The lowest BCUT2D eigenvalue weighted by Crippen LogP contribution is -2.72. The Morgan fingerprint density at radius 3 is 1.03 bits per heavy atom. The molecule has 1 fully saturated rings. The fraction of sp³-hybridized carbons (Fsp3) is 1.00. The summed E-state index contributed by atoms with van der Waals surface area (Å²) in [4.78, 5) is 0. The van der Waals surface area contributed by atoms with Gasteiger partial charge in [0.1, 0.15) is 25.2 Å². The van der Waals surface area contributed by atoms with Crippen molar-refractivity contribution in [3.8, 4) is 0 Å². The molecule has 1 aliphatic heterocycles. The van der Waals surface area contributed by atoms with E-state index < -0.39 is 0 Å². The van der Waals surface area contributed by atoms with E-state index in [2.05, 4.69) is 41.8 Å². The van der Waals surface area contributed by atoms with Crippen LogP contribution in [-0.4, -0.2) is 61.3 Å². The van der Waals surface area contributed by atoms with Crippen LogP contribution >= 0.6 is 0 Å². The standard InChI is InChI=1S/C28H60N2/c1-7-9-11-13-15-17-19-21-23-29(5)25-28(4)30(6,26-27(29)3)24-22-20-18-16-14-12-10-8-2/h27-28H,7-26H2,1-6H3/q+2/t27-,28+,29?,30?. The van der Waals surface area contributed by atoms with E-state index in [-0.39, 0.29) is 0 Å². The first-order chi connectivity index (χ1) is 14.4. The number of nitrogens with zero attached hydrogens (tertiary/aromatic N) is 2. The van der Waals surface area contributed by atoms with E-state index in [0.717, 1.165) is 12.1 Å². The van der Waals surface area contributed by atoms with Crippen LogP contribution in [0.15, 0.2) is 0 Å². The predicted octanol–water partition coefficient (Wildman–Crippen LogP) is 7.95. The highest BCUT2D eigenvalue weighted by Crippen LogP contribution is 2.28. The predicted molar refractivity (Wildman–Crippen MR) is 136 cm³/mol. The van der Waals surface area contributed by atoms with Gasteiger partial charge in [0.05, 0.1) is 27.2 Å². The Bertz CT molecular complexity index is 371. The molecule has 180 valence electrons. The minimum Gasteiger partial charge on any atom is -0.314 e. The van der Waals surface area contributed by atoms with Gasteiger partial charge in [-0.05, 0) is 39.5 Å². The summed E-state index contributed by atoms with van der Waals surface area (Å²) in [5.41, 5.74) is 0. The van der Waals surface area contributed by atoms with Crippen molar-refractivity contribution in [2.75, 3.05) is 40.3 Å². The first kappa shape index (κ1) is 28.0. The molecule has 2 heteroatoms. The molecule has 0 aliphatic carbocycles. The first-order valence-corrected chi connectivity index (χ1v) is 14.1. The average molecular weight is 425 g/mol. The normalized spacial score (nSPS) is 29.4. The molecule has 0 N–H and O–H groups in total. The van der Waals surface area contributed by atoms with Gasteiger partial charge in [0, 0.05) is 0 Å². The fourth-order valence-corrected chi connectivity index (χ4v) is 5.80. The molecule has 0 spiro atoms. The Hall–Kier alpha value is -0.0800.